The second-order valence-corrected chi connectivity index (χ2v) is 1.64. The Labute approximate surface area is 59.7 Å². The maximum absolute atomic E-state index is 10.7. The van der Waals surface area contributed by atoms with E-state index in [0.717, 1.165) is 11.0 Å². The SMILES string of the molecule is C=CC(=O)N(CO)COC. The summed E-state index contributed by atoms with van der Waals surface area (Å²) in [5.74, 6) is -0.343. The average molecular weight is 145 g/mol. The van der Waals surface area contributed by atoms with E-state index < -0.39 is 0 Å². The summed E-state index contributed by atoms with van der Waals surface area (Å²) >= 11 is 0. The fraction of sp³-hybridized carbons (Fsp3) is 0.500. The van der Waals surface area contributed by atoms with E-state index in [1.165, 1.54) is 7.11 Å². The number of aliphatic hydroxyl groups excluding tert-OH is 1. The van der Waals surface area contributed by atoms with Crippen LogP contribution in [0.3, 0.4) is 0 Å². The van der Waals surface area contributed by atoms with E-state index in [-0.39, 0.29) is 19.4 Å². The quantitative estimate of drug-likeness (QED) is 0.430. The summed E-state index contributed by atoms with van der Waals surface area (Å²) < 4.78 is 4.62. The molecule has 0 aliphatic carbocycles. The van der Waals surface area contributed by atoms with Crippen LogP contribution in [0.15, 0.2) is 12.7 Å². The predicted octanol–water partition coefficient (Wildman–Crippen LogP) is -0.445. The van der Waals surface area contributed by atoms with Gasteiger partial charge in [-0.25, -0.2) is 0 Å². The van der Waals surface area contributed by atoms with E-state index in [2.05, 4.69) is 11.3 Å². The molecule has 0 aromatic heterocycles. The Bertz CT molecular complexity index is 124. The molecule has 0 heterocycles. The van der Waals surface area contributed by atoms with Gasteiger partial charge in [0.2, 0.25) is 5.91 Å². The lowest BCUT2D eigenvalue weighted by atomic mass is 10.5. The summed E-state index contributed by atoms with van der Waals surface area (Å²) in [6, 6.07) is 0. The number of carbonyl (C=O) groups excluding carboxylic acids is 1. The summed E-state index contributed by atoms with van der Waals surface area (Å²) in [7, 11) is 1.44. The highest BCUT2D eigenvalue weighted by Gasteiger charge is 2.05. The first-order valence-corrected chi connectivity index (χ1v) is 2.77. The molecule has 0 fully saturated rings. The number of amides is 1. The normalized spacial score (nSPS) is 9.00. The van der Waals surface area contributed by atoms with Crippen LogP contribution in [-0.4, -0.2) is 36.5 Å². The molecule has 58 valence electrons. The van der Waals surface area contributed by atoms with Gasteiger partial charge in [0.15, 0.2) is 0 Å². The molecular formula is C6H11NO3. The first-order chi connectivity index (χ1) is 4.76. The molecule has 0 saturated carbocycles. The van der Waals surface area contributed by atoms with E-state index >= 15 is 0 Å². The van der Waals surface area contributed by atoms with Crippen molar-refractivity contribution < 1.29 is 14.6 Å². The number of hydrogen-bond acceptors (Lipinski definition) is 3. The maximum Gasteiger partial charge on any atom is 0.249 e. The maximum atomic E-state index is 10.7. The average Bonchev–Trinajstić information content (AvgIpc) is 1.99. The molecule has 4 nitrogen and oxygen atoms in total. The van der Waals surface area contributed by atoms with Gasteiger partial charge in [0.05, 0.1) is 0 Å². The van der Waals surface area contributed by atoms with Gasteiger partial charge in [-0.2, -0.15) is 0 Å². The van der Waals surface area contributed by atoms with Crippen molar-refractivity contribution in [1.82, 2.24) is 4.90 Å². The third kappa shape index (κ3) is 2.61. The Morgan fingerprint density at radius 3 is 2.80 bits per heavy atom. The second kappa shape index (κ2) is 4.96. The summed E-state index contributed by atoms with van der Waals surface area (Å²) in [4.78, 5) is 11.8. The zero-order chi connectivity index (χ0) is 7.98. The Balaban J connectivity index is 3.79. The minimum absolute atomic E-state index is 0.0847. The van der Waals surface area contributed by atoms with E-state index in [1.807, 2.05) is 0 Å². The van der Waals surface area contributed by atoms with Crippen LogP contribution in [0.4, 0.5) is 0 Å². The van der Waals surface area contributed by atoms with Crippen molar-refractivity contribution >= 4 is 5.91 Å². The van der Waals surface area contributed by atoms with Crippen LogP contribution < -0.4 is 0 Å². The van der Waals surface area contributed by atoms with Gasteiger partial charge in [-0.05, 0) is 6.08 Å². The third-order valence-corrected chi connectivity index (χ3v) is 0.942. The van der Waals surface area contributed by atoms with Crippen molar-refractivity contribution in [2.24, 2.45) is 0 Å². The largest absolute Gasteiger partial charge is 0.376 e. The Kier molecular flexibility index (Phi) is 4.53. The van der Waals surface area contributed by atoms with Gasteiger partial charge >= 0.3 is 0 Å². The van der Waals surface area contributed by atoms with Gasteiger partial charge in [-0.3, -0.25) is 9.69 Å². The zero-order valence-corrected chi connectivity index (χ0v) is 5.91. The highest BCUT2D eigenvalue weighted by Crippen LogP contribution is 1.87. The van der Waals surface area contributed by atoms with Crippen molar-refractivity contribution in [2.45, 2.75) is 0 Å². The van der Waals surface area contributed by atoms with Crippen molar-refractivity contribution in [2.75, 3.05) is 20.6 Å². The van der Waals surface area contributed by atoms with Crippen LogP contribution >= 0.6 is 0 Å². The molecule has 0 aromatic rings. The molecule has 1 amide bonds. The molecule has 0 aliphatic rings. The van der Waals surface area contributed by atoms with Crippen LogP contribution in [0.5, 0.6) is 0 Å². The van der Waals surface area contributed by atoms with E-state index in [4.69, 9.17) is 5.11 Å². The number of methoxy groups -OCH3 is 1. The van der Waals surface area contributed by atoms with Crippen molar-refractivity contribution in [3.05, 3.63) is 12.7 Å². The number of ether oxygens (including phenoxy) is 1. The molecule has 0 bridgehead atoms. The number of rotatable bonds is 4. The third-order valence-electron chi connectivity index (χ3n) is 0.942. The summed E-state index contributed by atoms with van der Waals surface area (Å²) in [6.07, 6.45) is 1.12. The topological polar surface area (TPSA) is 49.8 Å². The zero-order valence-electron chi connectivity index (χ0n) is 5.91. The molecule has 0 atom stereocenters. The van der Waals surface area contributed by atoms with Crippen LogP contribution in [0, 0.1) is 0 Å². The predicted molar refractivity (Wildman–Crippen MR) is 36.0 cm³/mol. The number of nitrogens with zero attached hydrogens (tertiary/aromatic N) is 1. The molecule has 0 radical (unpaired) electrons. The number of carbonyl (C=O) groups is 1. The van der Waals surface area contributed by atoms with Crippen molar-refractivity contribution in [3.63, 3.8) is 0 Å². The molecule has 0 rings (SSSR count). The van der Waals surface area contributed by atoms with Crippen LogP contribution in [0.1, 0.15) is 0 Å². The highest BCUT2D eigenvalue weighted by atomic mass is 16.5. The van der Waals surface area contributed by atoms with Gasteiger partial charge in [0, 0.05) is 7.11 Å². The Morgan fingerprint density at radius 1 is 1.90 bits per heavy atom. The van der Waals surface area contributed by atoms with Gasteiger partial charge < -0.3 is 9.84 Å². The molecule has 0 aliphatic heterocycles. The Hall–Kier alpha value is -0.870. The molecule has 4 heteroatoms. The molecule has 10 heavy (non-hydrogen) atoms. The summed E-state index contributed by atoms with van der Waals surface area (Å²) in [6.45, 7) is 2.99. The lowest BCUT2D eigenvalue weighted by Crippen LogP contribution is -2.31. The first kappa shape index (κ1) is 9.13. The number of hydrogen-bond donors (Lipinski definition) is 1. The molecule has 1 N–H and O–H groups in total. The van der Waals surface area contributed by atoms with E-state index in [1.54, 1.807) is 0 Å². The van der Waals surface area contributed by atoms with E-state index in [9.17, 15) is 4.79 Å². The standard InChI is InChI=1S/C6H11NO3/c1-3-6(9)7(4-8)5-10-2/h3,8H,1,4-5H2,2H3. The molecule has 0 spiro atoms. The first-order valence-electron chi connectivity index (χ1n) is 2.77. The molecule has 0 aromatic carbocycles. The Morgan fingerprint density at radius 2 is 2.50 bits per heavy atom. The minimum atomic E-state index is -0.349. The number of aliphatic hydroxyl groups is 1. The molecular weight excluding hydrogens is 134 g/mol. The second-order valence-electron chi connectivity index (χ2n) is 1.64. The lowest BCUT2D eigenvalue weighted by molar-refractivity contribution is -0.135. The summed E-state index contributed by atoms with van der Waals surface area (Å²) in [5, 5.41) is 8.54. The highest BCUT2D eigenvalue weighted by molar-refractivity contribution is 5.86. The van der Waals surface area contributed by atoms with Gasteiger partial charge in [0.25, 0.3) is 0 Å². The fourth-order valence-electron chi connectivity index (χ4n) is 0.459. The monoisotopic (exact) mass is 145 g/mol. The van der Waals surface area contributed by atoms with Crippen LogP contribution in [-0.2, 0) is 9.53 Å². The van der Waals surface area contributed by atoms with E-state index in [0.29, 0.717) is 0 Å². The molecule has 0 unspecified atom stereocenters. The fourth-order valence-corrected chi connectivity index (χ4v) is 0.459. The molecule has 0 saturated heterocycles. The van der Waals surface area contributed by atoms with Crippen molar-refractivity contribution in [1.29, 1.82) is 0 Å². The lowest BCUT2D eigenvalue weighted by Gasteiger charge is -2.15. The van der Waals surface area contributed by atoms with Crippen LogP contribution in [0.25, 0.3) is 0 Å². The van der Waals surface area contributed by atoms with Gasteiger partial charge in [0.1, 0.15) is 13.5 Å². The van der Waals surface area contributed by atoms with Crippen LogP contribution in [0.2, 0.25) is 0 Å². The van der Waals surface area contributed by atoms with Gasteiger partial charge in [-0.15, -0.1) is 0 Å². The van der Waals surface area contributed by atoms with Crippen molar-refractivity contribution in [3.8, 4) is 0 Å². The minimum Gasteiger partial charge on any atom is -0.376 e. The van der Waals surface area contributed by atoms with Gasteiger partial charge in [-0.1, -0.05) is 6.58 Å². The smallest absolute Gasteiger partial charge is 0.249 e. The summed E-state index contributed by atoms with van der Waals surface area (Å²) in [5.41, 5.74) is 0.